The Morgan fingerprint density at radius 1 is 1.47 bits per heavy atom. The molecule has 92 valence electrons. The molecule has 0 fully saturated rings. The quantitative estimate of drug-likeness (QED) is 0.830. The molecule has 2 aromatic heterocycles. The second-order valence-electron chi connectivity index (χ2n) is 4.13. The first kappa shape index (κ1) is 11.9. The molecule has 1 atom stereocenters. The van der Waals surface area contributed by atoms with Crippen LogP contribution < -0.4 is 5.32 Å². The highest BCUT2D eigenvalue weighted by Crippen LogP contribution is 2.06. The fraction of sp³-hybridized carbons (Fsp3) is 0.500. The zero-order valence-corrected chi connectivity index (χ0v) is 10.1. The van der Waals surface area contributed by atoms with Crippen LogP contribution in [0.15, 0.2) is 27.3 Å². The molecule has 5 nitrogen and oxygen atoms in total. The van der Waals surface area contributed by atoms with Crippen LogP contribution in [0, 0.1) is 6.92 Å². The van der Waals surface area contributed by atoms with E-state index in [1.165, 1.54) is 0 Å². The van der Waals surface area contributed by atoms with Crippen molar-refractivity contribution in [3.8, 4) is 0 Å². The number of hydrogen-bond donors (Lipinski definition) is 1. The molecule has 0 radical (unpaired) electrons. The molecular formula is C12H17N3O2. The van der Waals surface area contributed by atoms with Gasteiger partial charge in [-0.1, -0.05) is 5.16 Å². The predicted octanol–water partition coefficient (Wildman–Crippen LogP) is 2.08. The van der Waals surface area contributed by atoms with Crippen LogP contribution in [0.3, 0.4) is 0 Å². The zero-order chi connectivity index (χ0) is 12.1. The minimum atomic E-state index is 0.388. The maximum absolute atomic E-state index is 5.28. The van der Waals surface area contributed by atoms with Gasteiger partial charge >= 0.3 is 0 Å². The molecule has 0 saturated carbocycles. The van der Waals surface area contributed by atoms with Crippen molar-refractivity contribution in [2.45, 2.75) is 39.3 Å². The number of aryl methyl sites for hydroxylation is 2. The van der Waals surface area contributed by atoms with Crippen LogP contribution in [0.1, 0.15) is 30.8 Å². The van der Waals surface area contributed by atoms with Crippen LogP contribution in [0.4, 0.5) is 0 Å². The Balaban J connectivity index is 1.69. The Bertz CT molecular complexity index is 436. The summed E-state index contributed by atoms with van der Waals surface area (Å²) in [5.41, 5.74) is 0. The number of hydrogen-bond acceptors (Lipinski definition) is 5. The molecule has 1 unspecified atom stereocenters. The molecule has 2 heterocycles. The number of aromatic nitrogens is 2. The summed E-state index contributed by atoms with van der Waals surface area (Å²) in [5, 5.41) is 7.18. The lowest BCUT2D eigenvalue weighted by Gasteiger charge is -2.10. The second kappa shape index (κ2) is 5.63. The highest BCUT2D eigenvalue weighted by Gasteiger charge is 2.06. The third-order valence-corrected chi connectivity index (χ3v) is 2.58. The van der Waals surface area contributed by atoms with E-state index in [-0.39, 0.29) is 0 Å². The van der Waals surface area contributed by atoms with Gasteiger partial charge in [-0.05, 0) is 25.5 Å². The number of nitrogens with zero attached hydrogens (tertiary/aromatic N) is 2. The Kier molecular flexibility index (Phi) is 3.93. The van der Waals surface area contributed by atoms with Gasteiger partial charge in [-0.25, -0.2) is 0 Å². The fourth-order valence-corrected chi connectivity index (χ4v) is 1.59. The highest BCUT2D eigenvalue weighted by molar-refractivity contribution is 4.98. The van der Waals surface area contributed by atoms with Crippen molar-refractivity contribution in [1.29, 1.82) is 0 Å². The number of nitrogens with one attached hydrogen (secondary N) is 1. The van der Waals surface area contributed by atoms with E-state index in [0.717, 1.165) is 18.6 Å². The van der Waals surface area contributed by atoms with E-state index in [1.807, 2.05) is 12.1 Å². The molecule has 1 N–H and O–H groups in total. The lowest BCUT2D eigenvalue weighted by molar-refractivity contribution is 0.382. The lowest BCUT2D eigenvalue weighted by atomic mass is 10.1. The van der Waals surface area contributed by atoms with Crippen molar-refractivity contribution in [1.82, 2.24) is 15.5 Å². The molecule has 17 heavy (non-hydrogen) atoms. The fourth-order valence-electron chi connectivity index (χ4n) is 1.59. The van der Waals surface area contributed by atoms with E-state index >= 15 is 0 Å². The molecule has 0 aromatic carbocycles. The standard InChI is InChI=1S/C12H17N3O2/c1-9(5-6-11-4-3-7-16-11)13-8-12-14-10(2)17-15-12/h3-4,7,9,13H,5-6,8H2,1-2H3. The van der Waals surface area contributed by atoms with Crippen molar-refractivity contribution in [3.63, 3.8) is 0 Å². The van der Waals surface area contributed by atoms with Gasteiger partial charge in [-0.15, -0.1) is 0 Å². The minimum absolute atomic E-state index is 0.388. The van der Waals surface area contributed by atoms with Gasteiger partial charge in [0, 0.05) is 19.4 Å². The first-order valence-electron chi connectivity index (χ1n) is 5.79. The van der Waals surface area contributed by atoms with Crippen LogP contribution >= 0.6 is 0 Å². The van der Waals surface area contributed by atoms with E-state index in [1.54, 1.807) is 13.2 Å². The van der Waals surface area contributed by atoms with Crippen LogP contribution in [0.25, 0.3) is 0 Å². The Hall–Kier alpha value is -1.62. The summed E-state index contributed by atoms with van der Waals surface area (Å²) in [6.07, 6.45) is 3.66. The Labute approximate surface area is 100 Å². The molecule has 2 aromatic rings. The largest absolute Gasteiger partial charge is 0.469 e. The molecule has 0 saturated heterocycles. The Morgan fingerprint density at radius 2 is 2.35 bits per heavy atom. The van der Waals surface area contributed by atoms with Crippen molar-refractivity contribution >= 4 is 0 Å². The van der Waals surface area contributed by atoms with Gasteiger partial charge < -0.3 is 14.3 Å². The van der Waals surface area contributed by atoms with Crippen molar-refractivity contribution in [2.75, 3.05) is 0 Å². The summed E-state index contributed by atoms with van der Waals surface area (Å²) in [6, 6.07) is 4.30. The average Bonchev–Trinajstić information content (AvgIpc) is 2.95. The van der Waals surface area contributed by atoms with Crippen LogP contribution in [0.5, 0.6) is 0 Å². The molecule has 2 rings (SSSR count). The summed E-state index contributed by atoms with van der Waals surface area (Å²) in [6.45, 7) is 4.56. The predicted molar refractivity (Wildman–Crippen MR) is 62.4 cm³/mol. The van der Waals surface area contributed by atoms with E-state index in [0.29, 0.717) is 24.3 Å². The summed E-state index contributed by atoms with van der Waals surface area (Å²) in [4.78, 5) is 4.13. The second-order valence-corrected chi connectivity index (χ2v) is 4.13. The Morgan fingerprint density at radius 3 is 3.00 bits per heavy atom. The molecule has 0 aliphatic rings. The van der Waals surface area contributed by atoms with Crippen LogP contribution in [-0.2, 0) is 13.0 Å². The van der Waals surface area contributed by atoms with E-state index in [2.05, 4.69) is 22.4 Å². The van der Waals surface area contributed by atoms with Crippen molar-refractivity contribution in [2.24, 2.45) is 0 Å². The topological polar surface area (TPSA) is 64.1 Å². The van der Waals surface area contributed by atoms with E-state index in [9.17, 15) is 0 Å². The smallest absolute Gasteiger partial charge is 0.223 e. The normalized spacial score (nSPS) is 12.8. The molecular weight excluding hydrogens is 218 g/mol. The monoisotopic (exact) mass is 235 g/mol. The molecule has 0 spiro atoms. The van der Waals surface area contributed by atoms with Gasteiger partial charge in [0.1, 0.15) is 5.76 Å². The molecule has 5 heteroatoms. The number of rotatable bonds is 6. The van der Waals surface area contributed by atoms with Crippen LogP contribution in [0.2, 0.25) is 0 Å². The van der Waals surface area contributed by atoms with Gasteiger partial charge in [0.15, 0.2) is 5.82 Å². The van der Waals surface area contributed by atoms with Gasteiger partial charge in [0.2, 0.25) is 5.89 Å². The van der Waals surface area contributed by atoms with E-state index < -0.39 is 0 Å². The molecule has 0 aliphatic heterocycles. The van der Waals surface area contributed by atoms with Gasteiger partial charge in [-0.2, -0.15) is 4.98 Å². The lowest BCUT2D eigenvalue weighted by Crippen LogP contribution is -2.26. The first-order valence-corrected chi connectivity index (χ1v) is 5.79. The summed E-state index contributed by atoms with van der Waals surface area (Å²) in [7, 11) is 0. The SMILES string of the molecule is Cc1nc(CNC(C)CCc2ccco2)no1. The molecule has 0 aliphatic carbocycles. The van der Waals surface area contributed by atoms with E-state index in [4.69, 9.17) is 8.94 Å². The highest BCUT2D eigenvalue weighted by atomic mass is 16.5. The maximum Gasteiger partial charge on any atom is 0.223 e. The average molecular weight is 235 g/mol. The van der Waals surface area contributed by atoms with Gasteiger partial charge in [0.25, 0.3) is 0 Å². The minimum Gasteiger partial charge on any atom is -0.469 e. The van der Waals surface area contributed by atoms with Crippen LogP contribution in [-0.4, -0.2) is 16.2 Å². The van der Waals surface area contributed by atoms with Gasteiger partial charge in [0.05, 0.1) is 12.8 Å². The third-order valence-electron chi connectivity index (χ3n) is 2.58. The third kappa shape index (κ3) is 3.71. The molecule has 0 bridgehead atoms. The van der Waals surface area contributed by atoms with Gasteiger partial charge in [-0.3, -0.25) is 0 Å². The maximum atomic E-state index is 5.28. The first-order chi connectivity index (χ1) is 8.24. The molecule has 0 amide bonds. The zero-order valence-electron chi connectivity index (χ0n) is 10.1. The number of furan rings is 1. The van der Waals surface area contributed by atoms with Crippen molar-refractivity contribution in [3.05, 3.63) is 35.9 Å². The summed E-state index contributed by atoms with van der Waals surface area (Å²) < 4.78 is 10.2. The summed E-state index contributed by atoms with van der Waals surface area (Å²) in [5.74, 6) is 2.33. The van der Waals surface area contributed by atoms with Crippen molar-refractivity contribution < 1.29 is 8.94 Å². The summed E-state index contributed by atoms with van der Waals surface area (Å²) >= 11 is 0.